The molecule has 0 amide bonds. The Hall–Kier alpha value is -0.790. The van der Waals surface area contributed by atoms with E-state index in [9.17, 15) is 0 Å². The van der Waals surface area contributed by atoms with E-state index in [1.54, 1.807) is 0 Å². The van der Waals surface area contributed by atoms with Gasteiger partial charge in [-0.05, 0) is 6.42 Å². The summed E-state index contributed by atoms with van der Waals surface area (Å²) in [6.45, 7) is 13.1. The summed E-state index contributed by atoms with van der Waals surface area (Å²) >= 11 is 0. The van der Waals surface area contributed by atoms with Crippen molar-refractivity contribution in [3.05, 3.63) is 17.5 Å². The minimum absolute atomic E-state index is 0.0492. The van der Waals surface area contributed by atoms with Crippen molar-refractivity contribution < 1.29 is 4.52 Å². The van der Waals surface area contributed by atoms with Crippen LogP contribution in [0.5, 0.6) is 0 Å². The summed E-state index contributed by atoms with van der Waals surface area (Å²) in [5.74, 6) is 0.974. The Labute approximate surface area is 93.0 Å². The van der Waals surface area contributed by atoms with Crippen LogP contribution >= 0.6 is 0 Å². The van der Waals surface area contributed by atoms with Crippen LogP contribution in [0.15, 0.2) is 10.6 Å². The molecule has 0 aliphatic rings. The number of nitrogens with zero attached hydrogens (tertiary/aromatic N) is 1. The molecular weight excluding hydrogens is 186 g/mol. The number of aromatic nitrogens is 1. The SMILES string of the molecule is CCCC(C)(C)c1cc(C(C)(C)C)on1. The highest BCUT2D eigenvalue weighted by Crippen LogP contribution is 2.31. The zero-order chi connectivity index (χ0) is 11.7. The Morgan fingerprint density at radius 1 is 1.20 bits per heavy atom. The molecule has 1 aromatic heterocycles. The monoisotopic (exact) mass is 209 g/mol. The lowest BCUT2D eigenvalue weighted by Crippen LogP contribution is -2.17. The summed E-state index contributed by atoms with van der Waals surface area (Å²) in [4.78, 5) is 0. The van der Waals surface area contributed by atoms with Crippen molar-refractivity contribution in [1.29, 1.82) is 0 Å². The molecule has 0 saturated heterocycles. The fraction of sp³-hybridized carbons (Fsp3) is 0.769. The van der Waals surface area contributed by atoms with Gasteiger partial charge in [0.05, 0.1) is 5.69 Å². The van der Waals surface area contributed by atoms with E-state index in [0.717, 1.165) is 17.9 Å². The molecule has 0 bridgehead atoms. The lowest BCUT2D eigenvalue weighted by Gasteiger charge is -2.20. The Morgan fingerprint density at radius 3 is 2.20 bits per heavy atom. The van der Waals surface area contributed by atoms with Crippen molar-refractivity contribution in [2.24, 2.45) is 0 Å². The van der Waals surface area contributed by atoms with Gasteiger partial charge in [0.2, 0.25) is 0 Å². The zero-order valence-electron chi connectivity index (χ0n) is 10.8. The van der Waals surface area contributed by atoms with Crippen molar-refractivity contribution in [2.45, 2.75) is 65.2 Å². The summed E-state index contributed by atoms with van der Waals surface area (Å²) in [5.41, 5.74) is 1.25. The molecule has 0 aliphatic carbocycles. The quantitative estimate of drug-likeness (QED) is 0.750. The molecule has 0 N–H and O–H groups in total. The van der Waals surface area contributed by atoms with E-state index in [4.69, 9.17) is 4.52 Å². The highest BCUT2D eigenvalue weighted by molar-refractivity contribution is 5.19. The van der Waals surface area contributed by atoms with Crippen LogP contribution in [0.25, 0.3) is 0 Å². The van der Waals surface area contributed by atoms with Crippen LogP contribution in [0.3, 0.4) is 0 Å². The first-order chi connectivity index (χ1) is 6.77. The van der Waals surface area contributed by atoms with Gasteiger partial charge in [0.1, 0.15) is 5.76 Å². The largest absolute Gasteiger partial charge is 0.361 e. The van der Waals surface area contributed by atoms with Crippen LogP contribution in [-0.4, -0.2) is 5.16 Å². The molecule has 2 nitrogen and oxygen atoms in total. The fourth-order valence-corrected chi connectivity index (χ4v) is 1.70. The first-order valence-electron chi connectivity index (χ1n) is 5.75. The third kappa shape index (κ3) is 2.83. The molecule has 0 unspecified atom stereocenters. The first-order valence-corrected chi connectivity index (χ1v) is 5.75. The molecule has 1 heterocycles. The first kappa shape index (κ1) is 12.3. The molecule has 0 saturated carbocycles. The molecule has 0 fully saturated rings. The Morgan fingerprint density at radius 2 is 1.80 bits per heavy atom. The summed E-state index contributed by atoms with van der Waals surface area (Å²) in [6.07, 6.45) is 2.31. The molecule has 1 aromatic rings. The smallest absolute Gasteiger partial charge is 0.142 e. The van der Waals surface area contributed by atoms with Gasteiger partial charge in [0.15, 0.2) is 0 Å². The number of hydrogen-bond acceptors (Lipinski definition) is 2. The maximum Gasteiger partial charge on any atom is 0.142 e. The third-order valence-corrected chi connectivity index (χ3v) is 2.82. The molecule has 1 rings (SSSR count). The normalized spacial score (nSPS) is 13.2. The van der Waals surface area contributed by atoms with Gasteiger partial charge in [-0.1, -0.05) is 53.1 Å². The molecule has 2 heteroatoms. The van der Waals surface area contributed by atoms with Crippen LogP contribution in [0, 0.1) is 0 Å². The lowest BCUT2D eigenvalue weighted by molar-refractivity contribution is 0.315. The van der Waals surface area contributed by atoms with Gasteiger partial charge in [0, 0.05) is 16.9 Å². The average molecular weight is 209 g/mol. The fourth-order valence-electron chi connectivity index (χ4n) is 1.70. The molecule has 86 valence electrons. The Bertz CT molecular complexity index is 318. The lowest BCUT2D eigenvalue weighted by atomic mass is 9.83. The van der Waals surface area contributed by atoms with E-state index in [1.165, 1.54) is 6.42 Å². The minimum atomic E-state index is 0.0492. The summed E-state index contributed by atoms with van der Waals surface area (Å²) in [7, 11) is 0. The second-order valence-corrected chi connectivity index (χ2v) is 5.96. The van der Waals surface area contributed by atoms with Gasteiger partial charge in [-0.25, -0.2) is 0 Å². The van der Waals surface area contributed by atoms with Gasteiger partial charge in [-0.2, -0.15) is 0 Å². The number of rotatable bonds is 3. The molecular formula is C13H23NO. The van der Waals surface area contributed by atoms with E-state index >= 15 is 0 Å². The minimum Gasteiger partial charge on any atom is -0.361 e. The zero-order valence-corrected chi connectivity index (χ0v) is 10.8. The van der Waals surface area contributed by atoms with Crippen LogP contribution in [0.1, 0.15) is 65.8 Å². The summed E-state index contributed by atoms with van der Waals surface area (Å²) in [6, 6.07) is 2.11. The highest BCUT2D eigenvalue weighted by atomic mass is 16.5. The summed E-state index contributed by atoms with van der Waals surface area (Å²) in [5, 5.41) is 4.20. The van der Waals surface area contributed by atoms with E-state index < -0.39 is 0 Å². The van der Waals surface area contributed by atoms with E-state index in [1.807, 2.05) is 0 Å². The van der Waals surface area contributed by atoms with Crippen molar-refractivity contribution in [3.8, 4) is 0 Å². The van der Waals surface area contributed by atoms with Crippen LogP contribution in [0.2, 0.25) is 0 Å². The van der Waals surface area contributed by atoms with Crippen LogP contribution in [-0.2, 0) is 10.8 Å². The maximum atomic E-state index is 5.41. The molecule has 0 aliphatic heterocycles. The molecule has 0 radical (unpaired) electrons. The standard InChI is InChI=1S/C13H23NO/c1-7-8-13(5,6)10-9-11(15-14-10)12(2,3)4/h9H,7-8H2,1-6H3. The second-order valence-electron chi connectivity index (χ2n) is 5.96. The molecule has 0 spiro atoms. The predicted molar refractivity (Wildman–Crippen MR) is 63.1 cm³/mol. The number of hydrogen-bond donors (Lipinski definition) is 0. The van der Waals surface area contributed by atoms with Crippen molar-refractivity contribution in [3.63, 3.8) is 0 Å². The predicted octanol–water partition coefficient (Wildman–Crippen LogP) is 4.05. The topological polar surface area (TPSA) is 26.0 Å². The Balaban J connectivity index is 2.94. The third-order valence-electron chi connectivity index (χ3n) is 2.82. The van der Waals surface area contributed by atoms with Gasteiger partial charge in [-0.15, -0.1) is 0 Å². The summed E-state index contributed by atoms with van der Waals surface area (Å²) < 4.78 is 5.41. The van der Waals surface area contributed by atoms with Gasteiger partial charge >= 0.3 is 0 Å². The van der Waals surface area contributed by atoms with E-state index in [0.29, 0.717) is 0 Å². The van der Waals surface area contributed by atoms with Crippen LogP contribution < -0.4 is 0 Å². The van der Waals surface area contributed by atoms with Gasteiger partial charge in [-0.3, -0.25) is 0 Å². The van der Waals surface area contributed by atoms with E-state index in [2.05, 4.69) is 52.8 Å². The second kappa shape index (κ2) is 3.99. The van der Waals surface area contributed by atoms with Crippen molar-refractivity contribution in [1.82, 2.24) is 5.16 Å². The Kier molecular flexibility index (Phi) is 3.27. The van der Waals surface area contributed by atoms with Crippen molar-refractivity contribution >= 4 is 0 Å². The molecule has 0 aromatic carbocycles. The maximum absolute atomic E-state index is 5.41. The molecule has 15 heavy (non-hydrogen) atoms. The van der Waals surface area contributed by atoms with E-state index in [-0.39, 0.29) is 10.8 Å². The highest BCUT2D eigenvalue weighted by Gasteiger charge is 2.27. The average Bonchev–Trinajstić information content (AvgIpc) is 2.50. The van der Waals surface area contributed by atoms with Gasteiger partial charge < -0.3 is 4.52 Å². The van der Waals surface area contributed by atoms with Crippen molar-refractivity contribution in [2.75, 3.05) is 0 Å². The van der Waals surface area contributed by atoms with Gasteiger partial charge in [0.25, 0.3) is 0 Å². The van der Waals surface area contributed by atoms with Crippen LogP contribution in [0.4, 0.5) is 0 Å². The molecule has 0 atom stereocenters.